The van der Waals surface area contributed by atoms with E-state index in [0.717, 1.165) is 37.8 Å². The Kier molecular flexibility index (Phi) is 6.36. The van der Waals surface area contributed by atoms with Crippen molar-refractivity contribution in [2.24, 2.45) is 0 Å². The molecule has 31 heavy (non-hydrogen) atoms. The molecule has 0 spiro atoms. The van der Waals surface area contributed by atoms with Gasteiger partial charge in [0.25, 0.3) is 0 Å². The SMILES string of the molecule is CCc1nc(Nc2cc(C3CCOCC3)[nH]n2)nc(NC(C)c2ccc(F)cc2F)n1. The van der Waals surface area contributed by atoms with E-state index in [1.54, 1.807) is 6.92 Å². The Hall–Kier alpha value is -3.14. The van der Waals surface area contributed by atoms with Gasteiger partial charge >= 0.3 is 0 Å². The Balaban J connectivity index is 1.50. The van der Waals surface area contributed by atoms with Crippen molar-refractivity contribution < 1.29 is 13.5 Å². The van der Waals surface area contributed by atoms with Crippen LogP contribution in [0.25, 0.3) is 0 Å². The molecule has 3 heterocycles. The van der Waals surface area contributed by atoms with Crippen LogP contribution < -0.4 is 10.6 Å². The molecule has 0 aliphatic carbocycles. The monoisotopic (exact) mass is 429 g/mol. The lowest BCUT2D eigenvalue weighted by molar-refractivity contribution is 0.0845. The number of nitrogens with one attached hydrogen (secondary N) is 3. The van der Waals surface area contributed by atoms with E-state index in [2.05, 4.69) is 35.8 Å². The molecule has 1 unspecified atom stereocenters. The van der Waals surface area contributed by atoms with Crippen LogP contribution in [0.15, 0.2) is 24.3 Å². The number of hydrogen-bond donors (Lipinski definition) is 3. The van der Waals surface area contributed by atoms with Crippen LogP contribution in [-0.4, -0.2) is 38.4 Å². The zero-order valence-corrected chi connectivity index (χ0v) is 17.5. The van der Waals surface area contributed by atoms with E-state index in [0.29, 0.717) is 41.4 Å². The number of rotatable bonds is 7. The number of ether oxygens (including phenoxy) is 1. The first kappa shape index (κ1) is 21.1. The Bertz CT molecular complexity index is 1040. The van der Waals surface area contributed by atoms with Crippen LogP contribution in [-0.2, 0) is 11.2 Å². The Morgan fingerprint density at radius 1 is 1.13 bits per heavy atom. The quantitative estimate of drug-likeness (QED) is 0.516. The van der Waals surface area contributed by atoms with Crippen LogP contribution in [0.2, 0.25) is 0 Å². The maximum Gasteiger partial charge on any atom is 0.233 e. The number of hydrogen-bond acceptors (Lipinski definition) is 7. The molecule has 10 heteroatoms. The predicted octanol–water partition coefficient (Wildman–Crippen LogP) is 4.25. The maximum absolute atomic E-state index is 14.1. The van der Waals surface area contributed by atoms with Crippen LogP contribution in [0.3, 0.4) is 0 Å². The van der Waals surface area contributed by atoms with Crippen molar-refractivity contribution in [1.29, 1.82) is 0 Å². The van der Waals surface area contributed by atoms with Crippen molar-refractivity contribution >= 4 is 17.7 Å². The van der Waals surface area contributed by atoms with E-state index >= 15 is 0 Å². The number of halogens is 2. The van der Waals surface area contributed by atoms with E-state index in [1.165, 1.54) is 12.1 Å². The van der Waals surface area contributed by atoms with Gasteiger partial charge in [-0.3, -0.25) is 5.10 Å². The molecule has 8 nitrogen and oxygen atoms in total. The summed E-state index contributed by atoms with van der Waals surface area (Å²) in [6.45, 7) is 5.19. The van der Waals surface area contributed by atoms with Crippen molar-refractivity contribution in [3.05, 3.63) is 53.0 Å². The third-order valence-corrected chi connectivity index (χ3v) is 5.27. The fraction of sp³-hybridized carbons (Fsp3) is 0.429. The number of anilines is 3. The number of benzene rings is 1. The van der Waals surface area contributed by atoms with Crippen molar-refractivity contribution in [3.8, 4) is 0 Å². The van der Waals surface area contributed by atoms with E-state index < -0.39 is 17.7 Å². The minimum absolute atomic E-state index is 0.297. The fourth-order valence-electron chi connectivity index (χ4n) is 3.56. The molecule has 0 saturated carbocycles. The second kappa shape index (κ2) is 9.34. The Morgan fingerprint density at radius 3 is 2.65 bits per heavy atom. The second-order valence-electron chi connectivity index (χ2n) is 7.50. The first-order chi connectivity index (χ1) is 15.0. The molecule has 3 N–H and O–H groups in total. The molecule has 0 amide bonds. The Labute approximate surface area is 178 Å². The molecule has 1 aromatic carbocycles. The van der Waals surface area contributed by atoms with Crippen molar-refractivity contribution in [2.45, 2.75) is 45.1 Å². The predicted molar refractivity (Wildman–Crippen MR) is 112 cm³/mol. The van der Waals surface area contributed by atoms with Crippen molar-refractivity contribution in [1.82, 2.24) is 25.1 Å². The average Bonchev–Trinajstić information content (AvgIpc) is 3.22. The molecule has 1 atom stereocenters. The van der Waals surface area contributed by atoms with E-state index in [1.807, 2.05) is 13.0 Å². The van der Waals surface area contributed by atoms with Gasteiger partial charge in [-0.2, -0.15) is 20.1 Å². The third-order valence-electron chi connectivity index (χ3n) is 5.27. The molecular formula is C21H25F2N7O. The minimum Gasteiger partial charge on any atom is -0.381 e. The summed E-state index contributed by atoms with van der Waals surface area (Å²) in [4.78, 5) is 13.2. The van der Waals surface area contributed by atoms with Gasteiger partial charge in [0.15, 0.2) is 5.82 Å². The molecule has 2 aromatic heterocycles. The molecule has 4 rings (SSSR count). The molecule has 1 aliphatic rings. The van der Waals surface area contributed by atoms with Gasteiger partial charge in [-0.15, -0.1) is 0 Å². The van der Waals surface area contributed by atoms with Crippen LogP contribution in [0.1, 0.15) is 55.7 Å². The summed E-state index contributed by atoms with van der Waals surface area (Å²) in [6.07, 6.45) is 2.51. The summed E-state index contributed by atoms with van der Waals surface area (Å²) in [5, 5.41) is 13.6. The number of aromatic nitrogens is 5. The van der Waals surface area contributed by atoms with Crippen molar-refractivity contribution in [3.63, 3.8) is 0 Å². The van der Waals surface area contributed by atoms with Crippen LogP contribution in [0.4, 0.5) is 26.5 Å². The van der Waals surface area contributed by atoms with E-state index in [4.69, 9.17) is 4.74 Å². The van der Waals surface area contributed by atoms with Gasteiger partial charge in [0, 0.05) is 48.9 Å². The summed E-state index contributed by atoms with van der Waals surface area (Å²) in [6, 6.07) is 4.98. The second-order valence-corrected chi connectivity index (χ2v) is 7.50. The maximum atomic E-state index is 14.1. The molecule has 0 bridgehead atoms. The van der Waals surface area contributed by atoms with E-state index in [-0.39, 0.29) is 0 Å². The molecule has 164 valence electrons. The van der Waals surface area contributed by atoms with Gasteiger partial charge in [0.05, 0.1) is 6.04 Å². The topological polar surface area (TPSA) is 101 Å². The van der Waals surface area contributed by atoms with Crippen LogP contribution >= 0.6 is 0 Å². The molecular weight excluding hydrogens is 404 g/mol. The van der Waals surface area contributed by atoms with Gasteiger partial charge in [0.2, 0.25) is 11.9 Å². The lowest BCUT2D eigenvalue weighted by atomic mass is 9.97. The summed E-state index contributed by atoms with van der Waals surface area (Å²) in [5.41, 5.74) is 1.37. The molecule has 1 aliphatic heterocycles. The number of aryl methyl sites for hydroxylation is 1. The number of H-pyrrole nitrogens is 1. The van der Waals surface area contributed by atoms with Crippen molar-refractivity contribution in [2.75, 3.05) is 23.8 Å². The van der Waals surface area contributed by atoms with Gasteiger partial charge < -0.3 is 15.4 Å². The molecule has 3 aromatic rings. The minimum atomic E-state index is -0.625. The van der Waals surface area contributed by atoms with Crippen LogP contribution in [0, 0.1) is 11.6 Å². The average molecular weight is 429 g/mol. The van der Waals surface area contributed by atoms with Gasteiger partial charge in [-0.1, -0.05) is 13.0 Å². The summed E-state index contributed by atoms with van der Waals surface area (Å²) in [7, 11) is 0. The van der Waals surface area contributed by atoms with Gasteiger partial charge in [-0.25, -0.2) is 8.78 Å². The highest BCUT2D eigenvalue weighted by molar-refractivity contribution is 5.50. The Morgan fingerprint density at radius 2 is 1.90 bits per heavy atom. The summed E-state index contributed by atoms with van der Waals surface area (Å²) < 4.78 is 32.7. The number of nitrogens with zero attached hydrogens (tertiary/aromatic N) is 4. The van der Waals surface area contributed by atoms with Gasteiger partial charge in [0.1, 0.15) is 17.5 Å². The summed E-state index contributed by atoms with van der Waals surface area (Å²) >= 11 is 0. The normalized spacial score (nSPS) is 15.6. The first-order valence-electron chi connectivity index (χ1n) is 10.4. The zero-order chi connectivity index (χ0) is 21.8. The largest absolute Gasteiger partial charge is 0.381 e. The lowest BCUT2D eigenvalue weighted by Gasteiger charge is -2.20. The molecule has 1 fully saturated rings. The van der Waals surface area contributed by atoms with Gasteiger partial charge in [-0.05, 0) is 25.8 Å². The summed E-state index contributed by atoms with van der Waals surface area (Å²) in [5.74, 6) is 0.972. The van der Waals surface area contributed by atoms with E-state index in [9.17, 15) is 8.78 Å². The van der Waals surface area contributed by atoms with Crippen LogP contribution in [0.5, 0.6) is 0 Å². The first-order valence-corrected chi connectivity index (χ1v) is 10.4. The third kappa shape index (κ3) is 5.13. The number of aromatic amines is 1. The fourth-order valence-corrected chi connectivity index (χ4v) is 3.56. The smallest absolute Gasteiger partial charge is 0.233 e. The molecule has 0 radical (unpaired) electrons. The zero-order valence-electron chi connectivity index (χ0n) is 17.5. The standard InChI is InChI=1S/C21H25F2N7O/c1-3-18-25-20(24-12(2)15-5-4-14(22)10-16(15)23)28-21(26-18)27-19-11-17(29-30-19)13-6-8-31-9-7-13/h4-5,10-13H,3,6-9H2,1-2H3,(H3,24,25,26,27,28,29,30). The highest BCUT2D eigenvalue weighted by atomic mass is 19.1. The lowest BCUT2D eigenvalue weighted by Crippen LogP contribution is -2.14. The highest BCUT2D eigenvalue weighted by Gasteiger charge is 2.19. The molecule has 1 saturated heterocycles. The highest BCUT2D eigenvalue weighted by Crippen LogP contribution is 2.27.